The largest absolute Gasteiger partial charge is 0.394 e. The number of aliphatic hydroxyl groups is 1. The highest BCUT2D eigenvalue weighted by molar-refractivity contribution is 5.97. The standard InChI is InChI=1S/C23H22F2N2O3/c1-14-6-7-21(26-11-14)16-8-15(19-4-3-5-20(24)22(19)25)9-17(10-16)23(29)27-18(12-28)13-30-2/h3-11,18,28H,12-13H2,1-2H3,(H,27,29). The summed E-state index contributed by atoms with van der Waals surface area (Å²) in [4.78, 5) is 17.2. The lowest BCUT2D eigenvalue weighted by molar-refractivity contribution is 0.0840. The number of rotatable bonds is 7. The third kappa shape index (κ3) is 4.87. The Labute approximate surface area is 173 Å². The third-order valence-corrected chi connectivity index (χ3v) is 4.59. The van der Waals surface area contributed by atoms with Crippen molar-refractivity contribution in [2.75, 3.05) is 20.3 Å². The van der Waals surface area contributed by atoms with Gasteiger partial charge in [-0.3, -0.25) is 9.78 Å². The molecule has 7 heteroatoms. The topological polar surface area (TPSA) is 71.5 Å². The van der Waals surface area contributed by atoms with Crippen LogP contribution in [0.1, 0.15) is 15.9 Å². The van der Waals surface area contributed by atoms with E-state index in [4.69, 9.17) is 4.74 Å². The van der Waals surface area contributed by atoms with Gasteiger partial charge in [-0.15, -0.1) is 0 Å². The van der Waals surface area contributed by atoms with Crippen LogP contribution in [0.2, 0.25) is 0 Å². The number of aromatic nitrogens is 1. The first-order chi connectivity index (χ1) is 14.4. The quantitative estimate of drug-likeness (QED) is 0.620. The Hall–Kier alpha value is -3.16. The minimum atomic E-state index is -0.995. The van der Waals surface area contributed by atoms with Gasteiger partial charge >= 0.3 is 0 Å². The molecule has 0 radical (unpaired) electrons. The highest BCUT2D eigenvalue weighted by Crippen LogP contribution is 2.30. The second kappa shape index (κ2) is 9.56. The Bertz CT molecular complexity index is 1040. The van der Waals surface area contributed by atoms with Crippen LogP contribution in [0.25, 0.3) is 22.4 Å². The van der Waals surface area contributed by atoms with E-state index in [1.165, 1.54) is 25.3 Å². The number of nitrogens with zero attached hydrogens (tertiary/aromatic N) is 1. The second-order valence-electron chi connectivity index (χ2n) is 6.93. The Balaban J connectivity index is 2.09. The van der Waals surface area contributed by atoms with Crippen LogP contribution in [-0.4, -0.2) is 42.4 Å². The van der Waals surface area contributed by atoms with Crippen LogP contribution in [-0.2, 0) is 4.74 Å². The number of benzene rings is 2. The summed E-state index contributed by atoms with van der Waals surface area (Å²) in [5.41, 5.74) is 2.73. The molecule has 0 fully saturated rings. The van der Waals surface area contributed by atoms with Gasteiger partial charge < -0.3 is 15.2 Å². The summed E-state index contributed by atoms with van der Waals surface area (Å²) in [5.74, 6) is -2.44. The summed E-state index contributed by atoms with van der Waals surface area (Å²) in [7, 11) is 1.46. The molecule has 0 aliphatic heterocycles. The fourth-order valence-corrected chi connectivity index (χ4v) is 3.04. The molecular formula is C23H22F2N2O3. The normalized spacial score (nSPS) is 11.9. The third-order valence-electron chi connectivity index (χ3n) is 4.59. The molecule has 0 spiro atoms. The van der Waals surface area contributed by atoms with E-state index in [2.05, 4.69) is 10.3 Å². The molecule has 0 aliphatic rings. The first kappa shape index (κ1) is 21.5. The number of hydrogen-bond donors (Lipinski definition) is 2. The lowest BCUT2D eigenvalue weighted by Gasteiger charge is -2.16. The van der Waals surface area contributed by atoms with Crippen molar-refractivity contribution in [3.05, 3.63) is 77.5 Å². The van der Waals surface area contributed by atoms with E-state index in [-0.39, 0.29) is 24.3 Å². The Morgan fingerprint density at radius 3 is 2.60 bits per heavy atom. The van der Waals surface area contributed by atoms with Crippen LogP contribution in [0, 0.1) is 18.6 Å². The number of amides is 1. The predicted molar refractivity (Wildman–Crippen MR) is 110 cm³/mol. The summed E-state index contributed by atoms with van der Waals surface area (Å²) in [6.07, 6.45) is 1.69. The van der Waals surface area contributed by atoms with Crippen molar-refractivity contribution in [3.63, 3.8) is 0 Å². The monoisotopic (exact) mass is 412 g/mol. The highest BCUT2D eigenvalue weighted by Gasteiger charge is 2.17. The summed E-state index contributed by atoms with van der Waals surface area (Å²) in [6, 6.07) is 11.7. The van der Waals surface area contributed by atoms with Crippen LogP contribution in [0.4, 0.5) is 8.78 Å². The first-order valence-corrected chi connectivity index (χ1v) is 9.36. The van der Waals surface area contributed by atoms with Crippen LogP contribution in [0.15, 0.2) is 54.7 Å². The number of halogens is 2. The summed E-state index contributed by atoms with van der Waals surface area (Å²) < 4.78 is 33.2. The van der Waals surface area contributed by atoms with Crippen molar-refractivity contribution in [2.24, 2.45) is 0 Å². The number of methoxy groups -OCH3 is 1. The van der Waals surface area contributed by atoms with Gasteiger partial charge in [0, 0.05) is 30.0 Å². The molecule has 3 aromatic rings. The van der Waals surface area contributed by atoms with E-state index in [0.717, 1.165) is 11.6 Å². The van der Waals surface area contributed by atoms with Gasteiger partial charge in [-0.25, -0.2) is 8.78 Å². The number of hydrogen-bond acceptors (Lipinski definition) is 4. The second-order valence-corrected chi connectivity index (χ2v) is 6.93. The van der Waals surface area contributed by atoms with E-state index in [0.29, 0.717) is 16.8 Å². The lowest BCUT2D eigenvalue weighted by atomic mass is 9.97. The molecule has 0 saturated heterocycles. The number of ether oxygens (including phenoxy) is 1. The first-order valence-electron chi connectivity index (χ1n) is 9.36. The van der Waals surface area contributed by atoms with E-state index in [1.807, 2.05) is 13.0 Å². The molecule has 1 unspecified atom stereocenters. The summed E-state index contributed by atoms with van der Waals surface area (Å²) in [6.45, 7) is 1.73. The predicted octanol–water partition coefficient (Wildman–Crippen LogP) is 3.74. The van der Waals surface area contributed by atoms with Crippen molar-refractivity contribution in [1.82, 2.24) is 10.3 Å². The van der Waals surface area contributed by atoms with Gasteiger partial charge in [0.15, 0.2) is 11.6 Å². The molecule has 5 nitrogen and oxygen atoms in total. The molecule has 2 aromatic carbocycles. The molecule has 1 aromatic heterocycles. The number of aliphatic hydroxyl groups excluding tert-OH is 1. The SMILES string of the molecule is COCC(CO)NC(=O)c1cc(-c2ccc(C)cn2)cc(-c2cccc(F)c2F)c1. The average molecular weight is 412 g/mol. The molecule has 3 rings (SSSR count). The zero-order valence-electron chi connectivity index (χ0n) is 16.7. The maximum Gasteiger partial charge on any atom is 0.251 e. The maximum atomic E-state index is 14.4. The Kier molecular flexibility index (Phi) is 6.87. The van der Waals surface area contributed by atoms with Gasteiger partial charge in [-0.05, 0) is 48.4 Å². The van der Waals surface area contributed by atoms with Gasteiger partial charge in [0.05, 0.1) is 24.9 Å². The molecule has 1 amide bonds. The number of pyridine rings is 1. The van der Waals surface area contributed by atoms with Crippen molar-refractivity contribution in [1.29, 1.82) is 0 Å². The molecule has 2 N–H and O–H groups in total. The summed E-state index contributed by atoms with van der Waals surface area (Å²) >= 11 is 0. The fourth-order valence-electron chi connectivity index (χ4n) is 3.04. The molecule has 1 atom stereocenters. The number of aryl methyl sites for hydroxylation is 1. The Morgan fingerprint density at radius 1 is 1.17 bits per heavy atom. The molecule has 30 heavy (non-hydrogen) atoms. The lowest BCUT2D eigenvalue weighted by Crippen LogP contribution is -2.40. The molecule has 0 bridgehead atoms. The van der Waals surface area contributed by atoms with Gasteiger partial charge in [0.25, 0.3) is 5.91 Å². The van der Waals surface area contributed by atoms with Crippen molar-refractivity contribution in [3.8, 4) is 22.4 Å². The van der Waals surface area contributed by atoms with Crippen molar-refractivity contribution >= 4 is 5.91 Å². The smallest absolute Gasteiger partial charge is 0.251 e. The van der Waals surface area contributed by atoms with Crippen molar-refractivity contribution < 1.29 is 23.4 Å². The number of carbonyl (C=O) groups excluding carboxylic acids is 1. The number of carbonyl (C=O) groups is 1. The van der Waals surface area contributed by atoms with Crippen molar-refractivity contribution in [2.45, 2.75) is 13.0 Å². The summed E-state index contributed by atoms with van der Waals surface area (Å²) in [5, 5.41) is 12.1. The van der Waals surface area contributed by atoms with Gasteiger partial charge in [-0.1, -0.05) is 18.2 Å². The van der Waals surface area contributed by atoms with E-state index in [1.54, 1.807) is 24.4 Å². The minimum absolute atomic E-state index is 0.0358. The average Bonchev–Trinajstić information content (AvgIpc) is 2.75. The van der Waals surface area contributed by atoms with Gasteiger partial charge in [0.1, 0.15) is 0 Å². The molecule has 156 valence electrons. The highest BCUT2D eigenvalue weighted by atomic mass is 19.2. The zero-order chi connectivity index (χ0) is 21.7. The van der Waals surface area contributed by atoms with Crippen LogP contribution >= 0.6 is 0 Å². The van der Waals surface area contributed by atoms with Crippen LogP contribution in [0.3, 0.4) is 0 Å². The van der Waals surface area contributed by atoms with E-state index >= 15 is 0 Å². The zero-order valence-corrected chi connectivity index (χ0v) is 16.7. The van der Waals surface area contributed by atoms with E-state index < -0.39 is 23.6 Å². The van der Waals surface area contributed by atoms with Gasteiger partial charge in [-0.2, -0.15) is 0 Å². The van der Waals surface area contributed by atoms with Crippen LogP contribution < -0.4 is 5.32 Å². The maximum absolute atomic E-state index is 14.4. The Morgan fingerprint density at radius 2 is 1.93 bits per heavy atom. The van der Waals surface area contributed by atoms with Crippen LogP contribution in [0.5, 0.6) is 0 Å². The molecule has 0 aliphatic carbocycles. The van der Waals surface area contributed by atoms with E-state index in [9.17, 15) is 18.7 Å². The molecule has 1 heterocycles. The number of nitrogens with one attached hydrogen (secondary N) is 1. The minimum Gasteiger partial charge on any atom is -0.394 e. The fraction of sp³-hybridized carbons (Fsp3) is 0.217. The van der Waals surface area contributed by atoms with Gasteiger partial charge in [0.2, 0.25) is 0 Å². The molecular weight excluding hydrogens is 390 g/mol. The molecule has 0 saturated carbocycles.